The highest BCUT2D eigenvalue weighted by atomic mass is 15.0. The van der Waals surface area contributed by atoms with E-state index < -0.39 is 0 Å². The van der Waals surface area contributed by atoms with Gasteiger partial charge >= 0.3 is 0 Å². The summed E-state index contributed by atoms with van der Waals surface area (Å²) in [5.41, 5.74) is 4.48. The molecule has 0 saturated heterocycles. The number of aromatic nitrogens is 2. The molecule has 0 radical (unpaired) electrons. The number of anilines is 1. The Morgan fingerprint density at radius 1 is 0.941 bits per heavy atom. The van der Waals surface area contributed by atoms with Crippen LogP contribution in [-0.4, -0.2) is 17.0 Å². The van der Waals surface area contributed by atoms with Crippen LogP contribution in [0.1, 0.15) is 17.0 Å². The molecule has 88 valence electrons. The van der Waals surface area contributed by atoms with Gasteiger partial charge in [-0.2, -0.15) is 0 Å². The Labute approximate surface area is 102 Å². The second-order valence-corrected chi connectivity index (χ2v) is 4.21. The monoisotopic (exact) mass is 227 g/mol. The van der Waals surface area contributed by atoms with Crippen molar-refractivity contribution in [3.63, 3.8) is 0 Å². The van der Waals surface area contributed by atoms with E-state index in [1.807, 2.05) is 20.9 Å². The molecule has 3 nitrogen and oxygen atoms in total. The number of nitrogens with zero attached hydrogens (tertiary/aromatic N) is 2. The van der Waals surface area contributed by atoms with Gasteiger partial charge in [-0.15, -0.1) is 0 Å². The zero-order chi connectivity index (χ0) is 12.4. The maximum absolute atomic E-state index is 4.53. The van der Waals surface area contributed by atoms with Gasteiger partial charge in [0.05, 0.1) is 5.69 Å². The minimum atomic E-state index is 0.788. The summed E-state index contributed by atoms with van der Waals surface area (Å²) >= 11 is 0. The summed E-state index contributed by atoms with van der Waals surface area (Å²) in [6.07, 6.45) is 0. The number of nitrogens with one attached hydrogen (secondary N) is 1. The molecular weight excluding hydrogens is 210 g/mol. The van der Waals surface area contributed by atoms with Crippen LogP contribution in [-0.2, 0) is 0 Å². The van der Waals surface area contributed by atoms with Crippen LogP contribution in [0.25, 0.3) is 11.3 Å². The zero-order valence-electron chi connectivity index (χ0n) is 10.7. The highest BCUT2D eigenvalue weighted by molar-refractivity contribution is 5.68. The molecule has 2 aromatic rings. The lowest BCUT2D eigenvalue weighted by atomic mass is 10.1. The van der Waals surface area contributed by atoms with E-state index in [0.717, 1.165) is 28.5 Å². The first-order valence-corrected chi connectivity index (χ1v) is 5.72. The van der Waals surface area contributed by atoms with Crippen molar-refractivity contribution >= 4 is 5.82 Å². The fourth-order valence-electron chi connectivity index (χ4n) is 1.86. The van der Waals surface area contributed by atoms with Crippen molar-refractivity contribution in [2.45, 2.75) is 20.8 Å². The summed E-state index contributed by atoms with van der Waals surface area (Å²) in [5.74, 6) is 1.68. The summed E-state index contributed by atoms with van der Waals surface area (Å²) < 4.78 is 0. The van der Waals surface area contributed by atoms with Crippen LogP contribution in [0.15, 0.2) is 24.3 Å². The predicted octanol–water partition coefficient (Wildman–Crippen LogP) is 3.11. The molecule has 0 saturated carbocycles. The van der Waals surface area contributed by atoms with Crippen molar-refractivity contribution in [3.8, 4) is 11.3 Å². The van der Waals surface area contributed by atoms with Crippen LogP contribution < -0.4 is 5.32 Å². The van der Waals surface area contributed by atoms with Crippen molar-refractivity contribution in [3.05, 3.63) is 41.2 Å². The van der Waals surface area contributed by atoms with Crippen LogP contribution in [0.2, 0.25) is 0 Å². The molecule has 1 aromatic heterocycles. The van der Waals surface area contributed by atoms with Gasteiger partial charge in [0.15, 0.2) is 0 Å². The summed E-state index contributed by atoms with van der Waals surface area (Å²) in [5, 5.41) is 3.11. The standard InChI is InChI=1S/C14H17N3/c1-9-5-7-12(8-6-9)13-10(2)14(15-4)17-11(3)16-13/h5-8H,1-4H3,(H,15,16,17). The molecule has 2 rings (SSSR count). The first-order valence-electron chi connectivity index (χ1n) is 5.72. The van der Waals surface area contributed by atoms with Gasteiger partial charge in [-0.05, 0) is 20.8 Å². The van der Waals surface area contributed by atoms with Crippen LogP contribution >= 0.6 is 0 Å². The van der Waals surface area contributed by atoms with E-state index in [1.54, 1.807) is 0 Å². The van der Waals surface area contributed by atoms with Gasteiger partial charge in [0.2, 0.25) is 0 Å². The van der Waals surface area contributed by atoms with Crippen molar-refractivity contribution in [1.29, 1.82) is 0 Å². The highest BCUT2D eigenvalue weighted by Gasteiger charge is 2.09. The van der Waals surface area contributed by atoms with Gasteiger partial charge in [-0.1, -0.05) is 29.8 Å². The predicted molar refractivity (Wildman–Crippen MR) is 71.2 cm³/mol. The van der Waals surface area contributed by atoms with Crippen molar-refractivity contribution in [2.24, 2.45) is 0 Å². The van der Waals surface area contributed by atoms with E-state index in [9.17, 15) is 0 Å². The maximum Gasteiger partial charge on any atom is 0.132 e. The Morgan fingerprint density at radius 3 is 2.18 bits per heavy atom. The summed E-state index contributed by atoms with van der Waals surface area (Å²) in [6, 6.07) is 8.41. The third-order valence-electron chi connectivity index (χ3n) is 2.82. The van der Waals surface area contributed by atoms with Crippen molar-refractivity contribution < 1.29 is 0 Å². The van der Waals surface area contributed by atoms with E-state index in [4.69, 9.17) is 0 Å². The summed E-state index contributed by atoms with van der Waals surface area (Å²) in [4.78, 5) is 8.90. The Kier molecular flexibility index (Phi) is 3.09. The molecule has 3 heteroatoms. The molecular formula is C14H17N3. The zero-order valence-corrected chi connectivity index (χ0v) is 10.7. The fourth-order valence-corrected chi connectivity index (χ4v) is 1.86. The quantitative estimate of drug-likeness (QED) is 0.856. The van der Waals surface area contributed by atoms with E-state index in [2.05, 4.69) is 46.5 Å². The van der Waals surface area contributed by atoms with Crippen molar-refractivity contribution in [1.82, 2.24) is 9.97 Å². The molecule has 0 unspecified atom stereocenters. The lowest BCUT2D eigenvalue weighted by molar-refractivity contribution is 1.04. The normalized spacial score (nSPS) is 10.4. The van der Waals surface area contributed by atoms with Gasteiger partial charge < -0.3 is 5.32 Å². The molecule has 1 N–H and O–H groups in total. The average molecular weight is 227 g/mol. The third-order valence-corrected chi connectivity index (χ3v) is 2.82. The second kappa shape index (κ2) is 4.53. The summed E-state index contributed by atoms with van der Waals surface area (Å²) in [7, 11) is 1.88. The van der Waals surface area contributed by atoms with Crippen LogP contribution in [0.4, 0.5) is 5.82 Å². The Balaban J connectivity index is 2.58. The van der Waals surface area contributed by atoms with Gasteiger partial charge in [0.25, 0.3) is 0 Å². The first-order chi connectivity index (χ1) is 8.11. The number of hydrogen-bond donors (Lipinski definition) is 1. The lowest BCUT2D eigenvalue weighted by Crippen LogP contribution is -2.02. The number of benzene rings is 1. The smallest absolute Gasteiger partial charge is 0.132 e. The topological polar surface area (TPSA) is 37.8 Å². The average Bonchev–Trinajstić information content (AvgIpc) is 2.33. The SMILES string of the molecule is CNc1nc(C)nc(-c2ccc(C)cc2)c1C. The molecule has 1 aromatic carbocycles. The largest absolute Gasteiger partial charge is 0.373 e. The highest BCUT2D eigenvalue weighted by Crippen LogP contribution is 2.25. The molecule has 0 bridgehead atoms. The molecule has 0 fully saturated rings. The Bertz CT molecular complexity index is 530. The van der Waals surface area contributed by atoms with E-state index in [-0.39, 0.29) is 0 Å². The van der Waals surface area contributed by atoms with E-state index in [1.165, 1.54) is 5.56 Å². The molecule has 0 aliphatic heterocycles. The van der Waals surface area contributed by atoms with Crippen molar-refractivity contribution in [2.75, 3.05) is 12.4 Å². The maximum atomic E-state index is 4.53. The Morgan fingerprint density at radius 2 is 1.59 bits per heavy atom. The fraction of sp³-hybridized carbons (Fsp3) is 0.286. The molecule has 0 aliphatic carbocycles. The molecule has 0 atom stereocenters. The van der Waals surface area contributed by atoms with Gasteiger partial charge in [-0.25, -0.2) is 9.97 Å². The minimum Gasteiger partial charge on any atom is -0.373 e. The van der Waals surface area contributed by atoms with Gasteiger partial charge in [0.1, 0.15) is 11.6 Å². The van der Waals surface area contributed by atoms with E-state index in [0.29, 0.717) is 0 Å². The second-order valence-electron chi connectivity index (χ2n) is 4.21. The van der Waals surface area contributed by atoms with Gasteiger partial charge in [-0.3, -0.25) is 0 Å². The molecule has 0 spiro atoms. The van der Waals surface area contributed by atoms with E-state index >= 15 is 0 Å². The third kappa shape index (κ3) is 2.28. The van der Waals surface area contributed by atoms with Crippen LogP contribution in [0.5, 0.6) is 0 Å². The number of rotatable bonds is 2. The van der Waals surface area contributed by atoms with Crippen LogP contribution in [0.3, 0.4) is 0 Å². The number of aryl methyl sites for hydroxylation is 2. The lowest BCUT2D eigenvalue weighted by Gasteiger charge is -2.11. The van der Waals surface area contributed by atoms with Gasteiger partial charge in [0, 0.05) is 18.2 Å². The Hall–Kier alpha value is -1.90. The number of hydrogen-bond acceptors (Lipinski definition) is 3. The molecule has 1 heterocycles. The summed E-state index contributed by atoms with van der Waals surface area (Å²) in [6.45, 7) is 6.04. The first kappa shape index (κ1) is 11.6. The molecule has 17 heavy (non-hydrogen) atoms. The minimum absolute atomic E-state index is 0.788. The molecule has 0 aliphatic rings. The van der Waals surface area contributed by atoms with Crippen LogP contribution in [0, 0.1) is 20.8 Å². The molecule has 0 amide bonds.